The predicted molar refractivity (Wildman–Crippen MR) is 188 cm³/mol. The van der Waals surface area contributed by atoms with E-state index in [0.717, 1.165) is 76.9 Å². The number of benzene rings is 8. The maximum absolute atomic E-state index is 6.61. The molecule has 45 heavy (non-hydrogen) atoms. The van der Waals surface area contributed by atoms with Crippen molar-refractivity contribution < 1.29 is 4.42 Å². The lowest BCUT2D eigenvalue weighted by molar-refractivity contribution is 0.670. The molecule has 0 amide bonds. The van der Waals surface area contributed by atoms with Gasteiger partial charge in [-0.1, -0.05) is 127 Å². The smallest absolute Gasteiger partial charge is 0.143 e. The SMILES string of the molecule is c1ccc2c(c1)cc(-c1cccc3c(-c4cnc5c6ccccc6c6ccccc6c5n4)cccc13)c1oc3ccccc3c12. The third-order valence-electron chi connectivity index (χ3n) is 9.29. The quantitative estimate of drug-likeness (QED) is 0.193. The van der Waals surface area contributed by atoms with Gasteiger partial charge in [-0.25, -0.2) is 4.98 Å². The fourth-order valence-electron chi connectivity index (χ4n) is 7.30. The van der Waals surface area contributed by atoms with Crippen LogP contribution in [0.5, 0.6) is 0 Å². The Morgan fingerprint density at radius 3 is 1.78 bits per heavy atom. The molecule has 10 rings (SSSR count). The number of rotatable bonds is 2. The van der Waals surface area contributed by atoms with Gasteiger partial charge in [-0.15, -0.1) is 0 Å². The fourth-order valence-corrected chi connectivity index (χ4v) is 7.30. The number of nitrogens with zero attached hydrogens (tertiary/aromatic N) is 2. The number of hydrogen-bond donors (Lipinski definition) is 0. The molecule has 0 N–H and O–H groups in total. The van der Waals surface area contributed by atoms with E-state index in [1.54, 1.807) is 0 Å². The van der Waals surface area contributed by atoms with Crippen LogP contribution < -0.4 is 0 Å². The second-order valence-electron chi connectivity index (χ2n) is 11.7. The lowest BCUT2D eigenvalue weighted by Gasteiger charge is -2.14. The highest BCUT2D eigenvalue weighted by atomic mass is 16.3. The number of furan rings is 1. The Morgan fingerprint density at radius 2 is 1.00 bits per heavy atom. The van der Waals surface area contributed by atoms with E-state index in [4.69, 9.17) is 14.4 Å². The average Bonchev–Trinajstić information content (AvgIpc) is 3.51. The largest absolute Gasteiger partial charge is 0.455 e. The first-order chi connectivity index (χ1) is 22.3. The summed E-state index contributed by atoms with van der Waals surface area (Å²) in [5.41, 5.74) is 7.81. The highest BCUT2D eigenvalue weighted by molar-refractivity contribution is 6.25. The summed E-state index contributed by atoms with van der Waals surface area (Å²) >= 11 is 0. The van der Waals surface area contributed by atoms with E-state index in [0.29, 0.717) is 0 Å². The predicted octanol–water partition coefficient (Wildman–Crippen LogP) is 11.5. The van der Waals surface area contributed by atoms with Crippen molar-refractivity contribution in [2.75, 3.05) is 0 Å². The molecular weight excluding hydrogens is 548 g/mol. The van der Waals surface area contributed by atoms with Crippen LogP contribution in [0.4, 0.5) is 0 Å². The summed E-state index contributed by atoms with van der Waals surface area (Å²) in [7, 11) is 0. The van der Waals surface area contributed by atoms with Crippen LogP contribution in [0.2, 0.25) is 0 Å². The van der Waals surface area contributed by atoms with Crippen molar-refractivity contribution in [2.24, 2.45) is 0 Å². The van der Waals surface area contributed by atoms with Gasteiger partial charge in [0.2, 0.25) is 0 Å². The highest BCUT2D eigenvalue weighted by Crippen LogP contribution is 2.44. The Balaban J connectivity index is 1.25. The van der Waals surface area contributed by atoms with Crippen molar-refractivity contribution in [2.45, 2.75) is 0 Å². The van der Waals surface area contributed by atoms with E-state index in [-0.39, 0.29) is 0 Å². The second-order valence-corrected chi connectivity index (χ2v) is 11.7. The molecule has 0 aliphatic heterocycles. The molecule has 208 valence electrons. The highest BCUT2D eigenvalue weighted by Gasteiger charge is 2.19. The lowest BCUT2D eigenvalue weighted by atomic mass is 9.91. The van der Waals surface area contributed by atoms with Crippen LogP contribution in [0.15, 0.2) is 150 Å². The van der Waals surface area contributed by atoms with Gasteiger partial charge in [0.25, 0.3) is 0 Å². The van der Waals surface area contributed by atoms with Crippen LogP contribution in [-0.2, 0) is 0 Å². The van der Waals surface area contributed by atoms with Gasteiger partial charge in [-0.05, 0) is 50.0 Å². The van der Waals surface area contributed by atoms with E-state index in [9.17, 15) is 0 Å². The molecule has 3 heteroatoms. The van der Waals surface area contributed by atoms with E-state index in [2.05, 4.69) is 133 Å². The minimum atomic E-state index is 0.859. The minimum Gasteiger partial charge on any atom is -0.455 e. The van der Waals surface area contributed by atoms with Crippen LogP contribution >= 0.6 is 0 Å². The van der Waals surface area contributed by atoms with Crippen LogP contribution in [0.3, 0.4) is 0 Å². The average molecular weight is 573 g/mol. The summed E-state index contributed by atoms with van der Waals surface area (Å²) in [4.78, 5) is 10.4. The van der Waals surface area contributed by atoms with Gasteiger partial charge in [0.15, 0.2) is 0 Å². The van der Waals surface area contributed by atoms with E-state index in [1.807, 2.05) is 12.3 Å². The molecular formula is C42H24N2O. The Hall–Kier alpha value is -6.06. The summed E-state index contributed by atoms with van der Waals surface area (Å²) in [6.45, 7) is 0. The normalized spacial score (nSPS) is 12.0. The monoisotopic (exact) mass is 572 g/mol. The van der Waals surface area contributed by atoms with Crippen LogP contribution in [0.25, 0.3) is 98.4 Å². The van der Waals surface area contributed by atoms with Gasteiger partial charge < -0.3 is 4.42 Å². The van der Waals surface area contributed by atoms with E-state index >= 15 is 0 Å². The van der Waals surface area contributed by atoms with Crippen molar-refractivity contribution in [3.05, 3.63) is 146 Å². The van der Waals surface area contributed by atoms with E-state index < -0.39 is 0 Å². The molecule has 0 atom stereocenters. The Kier molecular flexibility index (Phi) is 5.00. The molecule has 0 bridgehead atoms. The molecule has 8 aromatic carbocycles. The molecule has 0 aliphatic rings. The first-order valence-corrected chi connectivity index (χ1v) is 15.3. The van der Waals surface area contributed by atoms with Crippen molar-refractivity contribution in [3.63, 3.8) is 0 Å². The summed E-state index contributed by atoms with van der Waals surface area (Å²) in [5, 5.41) is 11.6. The Bertz CT molecular complexity index is 2790. The number of fused-ring (bicyclic) bond motifs is 12. The van der Waals surface area contributed by atoms with Gasteiger partial charge in [-0.3, -0.25) is 4.98 Å². The molecule has 0 aliphatic carbocycles. The van der Waals surface area contributed by atoms with Crippen molar-refractivity contribution >= 4 is 76.1 Å². The Labute approximate surface area is 258 Å². The third-order valence-corrected chi connectivity index (χ3v) is 9.29. The molecule has 0 unspecified atom stereocenters. The van der Waals surface area contributed by atoms with Gasteiger partial charge in [0.05, 0.1) is 22.9 Å². The van der Waals surface area contributed by atoms with Gasteiger partial charge >= 0.3 is 0 Å². The van der Waals surface area contributed by atoms with Gasteiger partial charge in [0.1, 0.15) is 11.2 Å². The molecule has 0 fully saturated rings. The van der Waals surface area contributed by atoms with Crippen LogP contribution in [0, 0.1) is 0 Å². The van der Waals surface area contributed by atoms with Crippen molar-refractivity contribution in [1.29, 1.82) is 0 Å². The van der Waals surface area contributed by atoms with Gasteiger partial charge in [0, 0.05) is 32.7 Å². The molecule has 0 radical (unpaired) electrons. The third kappa shape index (κ3) is 3.46. The summed E-state index contributed by atoms with van der Waals surface area (Å²) in [6.07, 6.45) is 1.93. The van der Waals surface area contributed by atoms with Crippen LogP contribution in [0.1, 0.15) is 0 Å². The number of para-hydroxylation sites is 1. The first-order valence-electron chi connectivity index (χ1n) is 15.3. The first kappa shape index (κ1) is 24.4. The van der Waals surface area contributed by atoms with Crippen LogP contribution in [-0.4, -0.2) is 9.97 Å². The summed E-state index contributed by atoms with van der Waals surface area (Å²) < 4.78 is 6.61. The molecule has 2 aromatic heterocycles. The maximum atomic E-state index is 6.61. The van der Waals surface area contributed by atoms with Crippen molar-refractivity contribution in [1.82, 2.24) is 9.97 Å². The molecule has 0 spiro atoms. The molecule has 3 nitrogen and oxygen atoms in total. The summed E-state index contributed by atoms with van der Waals surface area (Å²) in [5.74, 6) is 0. The zero-order valence-corrected chi connectivity index (χ0v) is 24.2. The molecule has 0 saturated heterocycles. The van der Waals surface area contributed by atoms with Crippen molar-refractivity contribution in [3.8, 4) is 22.4 Å². The molecule has 10 aromatic rings. The zero-order valence-electron chi connectivity index (χ0n) is 24.2. The summed E-state index contributed by atoms with van der Waals surface area (Å²) in [6, 6.07) is 49.2. The zero-order chi connectivity index (χ0) is 29.5. The number of aromatic nitrogens is 2. The van der Waals surface area contributed by atoms with Gasteiger partial charge in [-0.2, -0.15) is 0 Å². The molecule has 2 heterocycles. The molecule has 0 saturated carbocycles. The standard InChI is InChI=1S/C42H24N2O/c1-2-12-26-25(11-1)23-36(42-39(26)35-17-7-8-22-38(35)45-42)31-20-9-19-28-27(31)18-10-21-32(28)37-24-43-40-33-15-5-3-13-29(33)30-14-4-6-16-34(30)41(40)44-37/h1-24H. The van der Waals surface area contributed by atoms with E-state index in [1.165, 1.54) is 21.5 Å². The number of hydrogen-bond acceptors (Lipinski definition) is 3. The fraction of sp³-hybridized carbons (Fsp3) is 0. The topological polar surface area (TPSA) is 38.9 Å². The second kappa shape index (κ2) is 9.22. The Morgan fingerprint density at radius 1 is 0.422 bits per heavy atom. The maximum Gasteiger partial charge on any atom is 0.143 e. The lowest BCUT2D eigenvalue weighted by Crippen LogP contribution is -1.93. The minimum absolute atomic E-state index is 0.859.